The van der Waals surface area contributed by atoms with E-state index in [0.717, 1.165) is 5.69 Å². The Bertz CT molecular complexity index is 682. The van der Waals surface area contributed by atoms with Gasteiger partial charge in [0.2, 0.25) is 0 Å². The first-order valence-electron chi connectivity index (χ1n) is 5.53. The summed E-state index contributed by atoms with van der Waals surface area (Å²) in [6.45, 7) is 0.544. The molecule has 0 amide bonds. The van der Waals surface area contributed by atoms with E-state index in [1.54, 1.807) is 10.9 Å². The molecule has 2 aromatic rings. The van der Waals surface area contributed by atoms with Crippen molar-refractivity contribution in [3.63, 3.8) is 0 Å². The normalized spacial score (nSPS) is 10.2. The van der Waals surface area contributed by atoms with Crippen LogP contribution in [0.5, 0.6) is 0 Å². The Hall–Kier alpha value is -2.26. The topological polar surface area (TPSA) is 64.7 Å². The van der Waals surface area contributed by atoms with E-state index in [2.05, 4.69) is 21.4 Å². The molecule has 98 valence electrons. The number of hydrogen-bond donors (Lipinski definition) is 1. The molecule has 0 bridgehead atoms. The van der Waals surface area contributed by atoms with Crippen LogP contribution in [0.15, 0.2) is 23.3 Å². The molecule has 0 aromatic carbocycles. The molecule has 0 aliphatic rings. The van der Waals surface area contributed by atoms with Gasteiger partial charge in [0.05, 0.1) is 23.5 Å². The number of rotatable bonds is 4. The summed E-state index contributed by atoms with van der Waals surface area (Å²) in [7, 11) is 1.82. The maximum atomic E-state index is 12.1. The van der Waals surface area contributed by atoms with Gasteiger partial charge in [0.1, 0.15) is 12.2 Å². The average molecular weight is 278 g/mol. The fraction of sp³-hybridized carbons (Fsp3) is 0.250. The van der Waals surface area contributed by atoms with E-state index in [1.165, 1.54) is 10.9 Å². The smallest absolute Gasteiger partial charge is 0.292 e. The van der Waals surface area contributed by atoms with Gasteiger partial charge in [-0.15, -0.1) is 6.42 Å². The molecule has 2 aromatic heterocycles. The third-order valence-electron chi connectivity index (χ3n) is 2.61. The lowest BCUT2D eigenvalue weighted by molar-refractivity contribution is 0.663. The van der Waals surface area contributed by atoms with Gasteiger partial charge in [0.25, 0.3) is 5.56 Å². The summed E-state index contributed by atoms with van der Waals surface area (Å²) in [6, 6.07) is 1.85. The van der Waals surface area contributed by atoms with Crippen LogP contribution < -0.4 is 10.9 Å². The van der Waals surface area contributed by atoms with Gasteiger partial charge >= 0.3 is 0 Å². The van der Waals surface area contributed by atoms with E-state index in [0.29, 0.717) is 6.54 Å². The van der Waals surface area contributed by atoms with Gasteiger partial charge < -0.3 is 5.32 Å². The molecule has 0 fully saturated rings. The molecule has 0 aliphatic heterocycles. The molecule has 2 heterocycles. The number of terminal acetylenes is 1. The van der Waals surface area contributed by atoms with Crippen LogP contribution in [0, 0.1) is 12.3 Å². The molecular formula is C12H12ClN5O. The number of aryl methyl sites for hydroxylation is 1. The summed E-state index contributed by atoms with van der Waals surface area (Å²) in [5.74, 6) is 2.37. The highest BCUT2D eigenvalue weighted by molar-refractivity contribution is 6.32. The van der Waals surface area contributed by atoms with Crippen molar-refractivity contribution in [2.24, 2.45) is 7.05 Å². The van der Waals surface area contributed by atoms with Gasteiger partial charge in [-0.1, -0.05) is 17.5 Å². The Balaban J connectivity index is 2.25. The fourth-order valence-corrected chi connectivity index (χ4v) is 1.77. The summed E-state index contributed by atoms with van der Waals surface area (Å²) in [5, 5.41) is 11.2. The maximum absolute atomic E-state index is 12.1. The molecule has 0 radical (unpaired) electrons. The van der Waals surface area contributed by atoms with Gasteiger partial charge in [-0.3, -0.25) is 9.48 Å². The second kappa shape index (κ2) is 5.59. The van der Waals surface area contributed by atoms with Crippen LogP contribution in [-0.2, 0) is 20.1 Å². The van der Waals surface area contributed by atoms with Crippen molar-refractivity contribution in [2.45, 2.75) is 13.1 Å². The molecule has 0 spiro atoms. The summed E-state index contributed by atoms with van der Waals surface area (Å²) >= 11 is 5.97. The lowest BCUT2D eigenvalue weighted by Crippen LogP contribution is -2.26. The summed E-state index contributed by atoms with van der Waals surface area (Å²) in [4.78, 5) is 12.1. The standard InChI is InChI=1S/C12H12ClN5O/c1-3-6-18-12(19)11(10(13)8-16-18)14-7-9-4-5-15-17(9)2/h1,4-5,8,14H,6-7H2,2H3. The minimum atomic E-state index is -0.340. The molecule has 0 saturated heterocycles. The first kappa shape index (κ1) is 13.2. The van der Waals surface area contributed by atoms with E-state index < -0.39 is 0 Å². The van der Waals surface area contributed by atoms with Crippen LogP contribution in [0.2, 0.25) is 5.02 Å². The molecule has 0 atom stereocenters. The third-order valence-corrected chi connectivity index (χ3v) is 2.89. The quantitative estimate of drug-likeness (QED) is 0.843. The van der Waals surface area contributed by atoms with Gasteiger partial charge in [-0.2, -0.15) is 10.2 Å². The molecule has 1 N–H and O–H groups in total. The zero-order chi connectivity index (χ0) is 13.8. The van der Waals surface area contributed by atoms with Crippen molar-refractivity contribution in [1.29, 1.82) is 0 Å². The fourth-order valence-electron chi connectivity index (χ4n) is 1.58. The number of halogens is 1. The van der Waals surface area contributed by atoms with Crippen molar-refractivity contribution in [1.82, 2.24) is 19.6 Å². The van der Waals surface area contributed by atoms with Crippen LogP contribution in [0.3, 0.4) is 0 Å². The van der Waals surface area contributed by atoms with Gasteiger partial charge in [-0.25, -0.2) is 4.68 Å². The van der Waals surface area contributed by atoms with Crippen molar-refractivity contribution >= 4 is 17.3 Å². The van der Waals surface area contributed by atoms with E-state index in [9.17, 15) is 4.79 Å². The second-order valence-corrected chi connectivity index (χ2v) is 4.24. The first-order valence-corrected chi connectivity index (χ1v) is 5.91. The molecule has 6 nitrogen and oxygen atoms in total. The highest BCUT2D eigenvalue weighted by Gasteiger charge is 2.10. The zero-order valence-electron chi connectivity index (χ0n) is 10.3. The van der Waals surface area contributed by atoms with E-state index >= 15 is 0 Å². The van der Waals surface area contributed by atoms with Crippen LogP contribution >= 0.6 is 11.6 Å². The Labute approximate surface area is 115 Å². The molecule has 2 rings (SSSR count). The predicted molar refractivity (Wildman–Crippen MR) is 72.9 cm³/mol. The van der Waals surface area contributed by atoms with Crippen molar-refractivity contribution in [3.05, 3.63) is 39.5 Å². The maximum Gasteiger partial charge on any atom is 0.292 e. The zero-order valence-corrected chi connectivity index (χ0v) is 11.1. The minimum Gasteiger partial charge on any atom is -0.374 e. The first-order chi connectivity index (χ1) is 9.13. The Morgan fingerprint density at radius 1 is 1.53 bits per heavy atom. The highest BCUT2D eigenvalue weighted by atomic mass is 35.5. The lowest BCUT2D eigenvalue weighted by Gasteiger charge is -2.09. The number of aromatic nitrogens is 4. The lowest BCUT2D eigenvalue weighted by atomic mass is 10.4. The van der Waals surface area contributed by atoms with E-state index in [-0.39, 0.29) is 22.8 Å². The monoisotopic (exact) mass is 277 g/mol. The second-order valence-electron chi connectivity index (χ2n) is 3.83. The Morgan fingerprint density at radius 2 is 2.32 bits per heavy atom. The largest absolute Gasteiger partial charge is 0.374 e. The van der Waals surface area contributed by atoms with Crippen molar-refractivity contribution in [3.8, 4) is 12.3 Å². The number of anilines is 1. The van der Waals surface area contributed by atoms with Crippen LogP contribution in [0.25, 0.3) is 0 Å². The Kier molecular flexibility index (Phi) is 3.88. The van der Waals surface area contributed by atoms with Gasteiger partial charge in [-0.05, 0) is 6.07 Å². The minimum absolute atomic E-state index is 0.108. The molecule has 0 saturated carbocycles. The molecule has 0 unspecified atom stereocenters. The summed E-state index contributed by atoms with van der Waals surface area (Å²) in [5.41, 5.74) is 0.872. The van der Waals surface area contributed by atoms with Gasteiger partial charge in [0.15, 0.2) is 0 Å². The molecular weight excluding hydrogens is 266 g/mol. The number of nitrogens with one attached hydrogen (secondary N) is 1. The van der Waals surface area contributed by atoms with Crippen molar-refractivity contribution < 1.29 is 0 Å². The van der Waals surface area contributed by atoms with Crippen LogP contribution in [0.4, 0.5) is 5.69 Å². The molecule has 7 heteroatoms. The number of nitrogens with zero attached hydrogens (tertiary/aromatic N) is 4. The summed E-state index contributed by atoms with van der Waals surface area (Å²) in [6.07, 6.45) is 8.25. The molecule has 0 aliphatic carbocycles. The summed E-state index contributed by atoms with van der Waals surface area (Å²) < 4.78 is 2.89. The van der Waals surface area contributed by atoms with Gasteiger partial charge in [0, 0.05) is 13.2 Å². The van der Waals surface area contributed by atoms with E-state index in [1.807, 2.05) is 13.1 Å². The highest BCUT2D eigenvalue weighted by Crippen LogP contribution is 2.15. The predicted octanol–water partition coefficient (Wildman–Crippen LogP) is 0.875. The average Bonchev–Trinajstić information content (AvgIpc) is 2.79. The SMILES string of the molecule is C#CCn1ncc(Cl)c(NCc2ccnn2C)c1=O. The third kappa shape index (κ3) is 2.77. The van der Waals surface area contributed by atoms with Crippen LogP contribution in [0.1, 0.15) is 5.69 Å². The van der Waals surface area contributed by atoms with Crippen LogP contribution in [-0.4, -0.2) is 19.6 Å². The Morgan fingerprint density at radius 3 is 2.95 bits per heavy atom. The van der Waals surface area contributed by atoms with E-state index in [4.69, 9.17) is 18.0 Å². The molecule has 19 heavy (non-hydrogen) atoms. The number of hydrogen-bond acceptors (Lipinski definition) is 4. The van der Waals surface area contributed by atoms with Crippen molar-refractivity contribution in [2.75, 3.05) is 5.32 Å².